The summed E-state index contributed by atoms with van der Waals surface area (Å²) in [4.78, 5) is 26.6. The number of aryl methyl sites for hydroxylation is 1. The van der Waals surface area contributed by atoms with Gasteiger partial charge in [0.15, 0.2) is 0 Å². The number of fused-ring (bicyclic) bond motifs is 2. The highest BCUT2D eigenvalue weighted by molar-refractivity contribution is 7.89. The van der Waals surface area contributed by atoms with Crippen molar-refractivity contribution in [2.45, 2.75) is 44.7 Å². The van der Waals surface area contributed by atoms with Gasteiger partial charge in [0.2, 0.25) is 21.8 Å². The molecule has 9 heteroatoms. The van der Waals surface area contributed by atoms with Crippen LogP contribution >= 0.6 is 0 Å². The number of nitrogens with zero attached hydrogens (tertiary/aromatic N) is 1. The van der Waals surface area contributed by atoms with E-state index >= 15 is 0 Å². The molecule has 1 saturated carbocycles. The van der Waals surface area contributed by atoms with Gasteiger partial charge in [0.25, 0.3) is 0 Å². The highest BCUT2D eigenvalue weighted by Crippen LogP contribution is 2.48. The Kier molecular flexibility index (Phi) is 9.25. The lowest BCUT2D eigenvalue weighted by Crippen LogP contribution is -2.47. The van der Waals surface area contributed by atoms with Crippen molar-refractivity contribution < 1.29 is 23.1 Å². The zero-order valence-corrected chi connectivity index (χ0v) is 23.6. The molecule has 3 N–H and O–H groups in total. The minimum absolute atomic E-state index is 0.00707. The number of carbonyl (C=O) groups excluding carboxylic acids is 2. The Balaban J connectivity index is 1.37. The van der Waals surface area contributed by atoms with E-state index in [2.05, 4.69) is 10.6 Å². The number of carbonyl (C=O) groups is 2. The second-order valence-corrected chi connectivity index (χ2v) is 13.1. The van der Waals surface area contributed by atoms with Gasteiger partial charge in [-0.1, -0.05) is 74.0 Å². The molecule has 2 aromatic carbocycles. The van der Waals surface area contributed by atoms with Gasteiger partial charge in [-0.05, 0) is 48.8 Å². The number of nitrogens with one attached hydrogen (secondary N) is 2. The topological polar surface area (TPSA) is 116 Å². The van der Waals surface area contributed by atoms with Gasteiger partial charge in [-0.2, -0.15) is 4.31 Å². The van der Waals surface area contributed by atoms with Crippen molar-refractivity contribution in [3.8, 4) is 0 Å². The maximum Gasteiger partial charge on any atom is 0.243 e. The van der Waals surface area contributed by atoms with Gasteiger partial charge in [0.1, 0.15) is 0 Å². The molecule has 1 unspecified atom stereocenters. The van der Waals surface area contributed by atoms with E-state index < -0.39 is 28.0 Å². The van der Waals surface area contributed by atoms with Crippen molar-refractivity contribution in [2.24, 2.45) is 29.6 Å². The first-order valence-corrected chi connectivity index (χ1v) is 15.0. The Morgan fingerprint density at radius 2 is 1.51 bits per heavy atom. The lowest BCUT2D eigenvalue weighted by Gasteiger charge is -2.28. The van der Waals surface area contributed by atoms with Crippen molar-refractivity contribution in [2.75, 3.05) is 19.6 Å². The van der Waals surface area contributed by atoms with Crippen LogP contribution in [0.3, 0.4) is 0 Å². The fraction of sp³-hybridized carbons (Fsp3) is 0.467. The van der Waals surface area contributed by atoms with E-state index in [1.165, 1.54) is 4.31 Å². The second-order valence-electron chi connectivity index (χ2n) is 11.1. The van der Waals surface area contributed by atoms with Crippen molar-refractivity contribution in [3.05, 3.63) is 77.9 Å². The number of hydrogen-bond acceptors (Lipinski definition) is 5. The van der Waals surface area contributed by atoms with Gasteiger partial charge in [-0.25, -0.2) is 8.42 Å². The van der Waals surface area contributed by atoms with Crippen molar-refractivity contribution >= 4 is 21.8 Å². The molecule has 2 aliphatic carbocycles. The third kappa shape index (κ3) is 6.96. The number of rotatable bonds is 12. The zero-order valence-electron chi connectivity index (χ0n) is 22.8. The largest absolute Gasteiger partial charge is 0.390 e. The summed E-state index contributed by atoms with van der Waals surface area (Å²) in [5, 5.41) is 16.6. The molecule has 0 aromatic heterocycles. The highest BCUT2D eigenvalue weighted by Gasteiger charge is 2.51. The van der Waals surface area contributed by atoms with Gasteiger partial charge in [-0.15, -0.1) is 0 Å². The number of aliphatic hydroxyl groups excluding tert-OH is 1. The molecule has 1 fully saturated rings. The van der Waals surface area contributed by atoms with Crippen molar-refractivity contribution in [1.82, 2.24) is 14.9 Å². The van der Waals surface area contributed by atoms with E-state index in [1.54, 1.807) is 24.3 Å². The van der Waals surface area contributed by atoms with Crippen LogP contribution in [0, 0.1) is 36.5 Å². The molecular weight excluding hydrogens is 514 g/mol. The monoisotopic (exact) mass is 553 g/mol. The highest BCUT2D eigenvalue weighted by atomic mass is 32.2. The van der Waals surface area contributed by atoms with Gasteiger partial charge < -0.3 is 15.7 Å². The zero-order chi connectivity index (χ0) is 28.2. The average molecular weight is 554 g/mol. The standard InChI is InChI=1S/C30H39N3O5S/c1-20(2)18-33(39(37,38)26-13-9-21(3)10-14-26)19-25(34)17-32-30(36)28-24-12-11-23(15-24)27(28)29(35)31-16-22-7-5-4-6-8-22/h4-14,20,23-25,27-28,34H,15-19H2,1-3H3,(H,31,35)(H,32,36)/t23-,24+,25?,27-,28-/m1/s1. The van der Waals surface area contributed by atoms with Crippen LogP contribution in [-0.4, -0.2) is 55.4 Å². The van der Waals surface area contributed by atoms with E-state index in [0.29, 0.717) is 6.54 Å². The molecule has 5 atom stereocenters. The van der Waals surface area contributed by atoms with Crippen molar-refractivity contribution in [3.63, 3.8) is 0 Å². The van der Waals surface area contributed by atoms with E-state index in [-0.39, 0.29) is 54.1 Å². The number of sulfonamides is 1. The Labute approximate surface area is 231 Å². The van der Waals surface area contributed by atoms with Crippen molar-refractivity contribution in [1.29, 1.82) is 0 Å². The summed E-state index contributed by atoms with van der Waals surface area (Å²) in [5.74, 6) is -1.41. The van der Waals surface area contributed by atoms with Gasteiger partial charge >= 0.3 is 0 Å². The fourth-order valence-corrected chi connectivity index (χ4v) is 7.25. The van der Waals surface area contributed by atoms with E-state index in [4.69, 9.17) is 0 Å². The summed E-state index contributed by atoms with van der Waals surface area (Å²) < 4.78 is 27.9. The number of benzene rings is 2. The third-order valence-electron chi connectivity index (χ3n) is 7.53. The van der Waals surface area contributed by atoms with Gasteiger partial charge in [0, 0.05) is 26.2 Å². The minimum Gasteiger partial charge on any atom is -0.390 e. The van der Waals surface area contributed by atoms with Crippen LogP contribution < -0.4 is 10.6 Å². The Bertz CT molecular complexity index is 1280. The van der Waals surface area contributed by atoms with E-state index in [9.17, 15) is 23.1 Å². The molecule has 4 rings (SSSR count). The molecule has 0 saturated heterocycles. The Morgan fingerprint density at radius 3 is 2.10 bits per heavy atom. The lowest BCUT2D eigenvalue weighted by molar-refractivity contribution is -0.135. The quantitative estimate of drug-likeness (QED) is 0.350. The Morgan fingerprint density at radius 1 is 0.923 bits per heavy atom. The van der Waals surface area contributed by atoms with Crippen LogP contribution in [-0.2, 0) is 26.2 Å². The first kappa shape index (κ1) is 29.0. The molecule has 0 heterocycles. The van der Waals surface area contributed by atoms with Crippen LogP contribution in [0.2, 0.25) is 0 Å². The van der Waals surface area contributed by atoms with E-state index in [1.807, 2.05) is 63.3 Å². The SMILES string of the molecule is Cc1ccc(S(=O)(=O)N(CC(C)C)CC(O)CNC(=O)[C@H]2[C@H](C(=O)NCc3ccccc3)[C@@H]3C=C[C@H]2C3)cc1. The van der Waals surface area contributed by atoms with Gasteiger partial charge in [0.05, 0.1) is 22.8 Å². The number of aliphatic hydroxyl groups is 1. The molecule has 0 aliphatic heterocycles. The Hall–Kier alpha value is -3.01. The lowest BCUT2D eigenvalue weighted by atomic mass is 9.81. The summed E-state index contributed by atoms with van der Waals surface area (Å²) in [7, 11) is -3.82. The summed E-state index contributed by atoms with van der Waals surface area (Å²) in [6.07, 6.45) is 3.68. The van der Waals surface area contributed by atoms with Gasteiger partial charge in [-0.3, -0.25) is 9.59 Å². The maximum atomic E-state index is 13.3. The number of allylic oxidation sites excluding steroid dienone is 2. The molecule has 210 valence electrons. The first-order chi connectivity index (χ1) is 18.6. The van der Waals surface area contributed by atoms with Crippen LogP contribution in [0.25, 0.3) is 0 Å². The molecule has 2 bridgehead atoms. The molecule has 0 spiro atoms. The summed E-state index contributed by atoms with van der Waals surface area (Å²) in [5.41, 5.74) is 1.94. The summed E-state index contributed by atoms with van der Waals surface area (Å²) in [6.45, 7) is 6.10. The van der Waals surface area contributed by atoms with Crippen LogP contribution in [0.15, 0.2) is 71.6 Å². The molecule has 0 radical (unpaired) electrons. The van der Waals surface area contributed by atoms with Crippen LogP contribution in [0.5, 0.6) is 0 Å². The number of hydrogen-bond donors (Lipinski definition) is 3. The first-order valence-electron chi connectivity index (χ1n) is 13.6. The molecule has 2 aromatic rings. The molecule has 39 heavy (non-hydrogen) atoms. The van der Waals surface area contributed by atoms with E-state index in [0.717, 1.165) is 17.5 Å². The third-order valence-corrected chi connectivity index (χ3v) is 9.37. The van der Waals surface area contributed by atoms with Crippen LogP contribution in [0.1, 0.15) is 31.4 Å². The average Bonchev–Trinajstić information content (AvgIpc) is 3.53. The molecule has 8 nitrogen and oxygen atoms in total. The normalized spacial score (nSPS) is 22.8. The molecule has 2 aliphatic rings. The maximum absolute atomic E-state index is 13.3. The molecular formula is C30H39N3O5S. The second kappa shape index (κ2) is 12.4. The van der Waals surface area contributed by atoms with Crippen LogP contribution in [0.4, 0.5) is 0 Å². The summed E-state index contributed by atoms with van der Waals surface area (Å²) >= 11 is 0. The molecule has 2 amide bonds. The minimum atomic E-state index is -3.82. The smallest absolute Gasteiger partial charge is 0.243 e. The fourth-order valence-electron chi connectivity index (χ4n) is 5.61. The predicted octanol–water partition coefficient (Wildman–Crippen LogP) is 2.87. The summed E-state index contributed by atoms with van der Waals surface area (Å²) in [6, 6.07) is 16.2. The predicted molar refractivity (Wildman–Crippen MR) is 150 cm³/mol. The number of amides is 2.